The van der Waals surface area contributed by atoms with E-state index in [1.807, 2.05) is 4.90 Å². The topological polar surface area (TPSA) is 110 Å². The lowest BCUT2D eigenvalue weighted by Gasteiger charge is -2.30. The summed E-state index contributed by atoms with van der Waals surface area (Å²) in [7, 11) is -3.58. The Bertz CT molecular complexity index is 721. The molecule has 2 amide bonds. The van der Waals surface area contributed by atoms with Gasteiger partial charge in [0.25, 0.3) is 0 Å². The van der Waals surface area contributed by atoms with Gasteiger partial charge in [0.2, 0.25) is 11.8 Å². The fraction of sp³-hybridized carbons (Fsp3) is 0.500. The fourth-order valence-electron chi connectivity index (χ4n) is 2.85. The summed E-state index contributed by atoms with van der Waals surface area (Å²) in [6, 6.07) is 4.58. The van der Waals surface area contributed by atoms with Crippen LogP contribution in [0.3, 0.4) is 0 Å². The number of rotatable bonds is 7. The average Bonchev–Trinajstić information content (AvgIpc) is 2.54. The molecule has 0 aromatic heterocycles. The van der Waals surface area contributed by atoms with Gasteiger partial charge in [-0.15, -0.1) is 0 Å². The van der Waals surface area contributed by atoms with Gasteiger partial charge in [0.1, 0.15) is 5.82 Å². The number of sulfone groups is 1. The Kier molecular flexibility index (Phi) is 6.49. The van der Waals surface area contributed by atoms with Crippen molar-refractivity contribution in [2.24, 2.45) is 11.7 Å². The van der Waals surface area contributed by atoms with Crippen LogP contribution in [0.4, 0.5) is 4.39 Å². The van der Waals surface area contributed by atoms with Crippen LogP contribution in [-0.2, 0) is 19.4 Å². The van der Waals surface area contributed by atoms with E-state index >= 15 is 0 Å². The number of nitrogens with one attached hydrogen (secondary N) is 1. The van der Waals surface area contributed by atoms with Gasteiger partial charge in [-0.25, -0.2) is 12.8 Å². The number of carbonyl (C=O) groups excluding carboxylic acids is 2. The molecule has 0 saturated carbocycles. The Labute approximate surface area is 146 Å². The minimum atomic E-state index is -3.58. The molecule has 1 saturated heterocycles. The number of hydrogen-bond acceptors (Lipinski definition) is 5. The lowest BCUT2D eigenvalue weighted by atomic mass is 9.97. The van der Waals surface area contributed by atoms with Crippen molar-refractivity contribution in [3.8, 4) is 0 Å². The van der Waals surface area contributed by atoms with Crippen molar-refractivity contribution in [1.82, 2.24) is 10.2 Å². The van der Waals surface area contributed by atoms with Crippen LogP contribution in [0.5, 0.6) is 0 Å². The molecule has 0 bridgehead atoms. The van der Waals surface area contributed by atoms with Crippen LogP contribution in [0.2, 0.25) is 0 Å². The normalized spacial score (nSPS) is 18.7. The van der Waals surface area contributed by atoms with E-state index in [0.29, 0.717) is 19.5 Å². The van der Waals surface area contributed by atoms with Crippen LogP contribution in [-0.4, -0.2) is 57.1 Å². The molecule has 1 atom stereocenters. The Hall–Kier alpha value is -2.00. The summed E-state index contributed by atoms with van der Waals surface area (Å²) in [5.41, 5.74) is 5.17. The molecule has 7 nitrogen and oxygen atoms in total. The highest BCUT2D eigenvalue weighted by molar-refractivity contribution is 7.91. The van der Waals surface area contributed by atoms with Gasteiger partial charge in [0.15, 0.2) is 9.84 Å². The molecule has 1 heterocycles. The highest BCUT2D eigenvalue weighted by Crippen LogP contribution is 2.16. The molecule has 138 valence electrons. The Balaban J connectivity index is 1.83. The molecular formula is C16H22FN3O4S. The van der Waals surface area contributed by atoms with Gasteiger partial charge in [-0.1, -0.05) is 0 Å². The maximum atomic E-state index is 12.9. The van der Waals surface area contributed by atoms with Crippen molar-refractivity contribution >= 4 is 21.7 Å². The smallest absolute Gasteiger partial charge is 0.231 e. The van der Waals surface area contributed by atoms with Crippen LogP contribution < -0.4 is 11.1 Å². The lowest BCUT2D eigenvalue weighted by molar-refractivity contribution is -0.128. The molecule has 0 unspecified atom stereocenters. The van der Waals surface area contributed by atoms with Gasteiger partial charge in [-0.3, -0.25) is 14.5 Å². The molecule has 1 aliphatic heterocycles. The first kappa shape index (κ1) is 19.3. The minimum absolute atomic E-state index is 0.0217. The summed E-state index contributed by atoms with van der Waals surface area (Å²) in [4.78, 5) is 25.0. The Morgan fingerprint density at radius 1 is 1.28 bits per heavy atom. The SMILES string of the molecule is NC(=O)CN1CCC[C@H](C(=O)NCCS(=O)(=O)c2ccc(F)cc2)C1. The number of piperidine rings is 1. The standard InChI is InChI=1S/C16H22FN3O4S/c17-13-3-5-14(6-4-13)25(23,24)9-7-19-16(22)12-2-1-8-20(10-12)11-15(18)21/h3-6,12H,1-2,7-11H2,(H2,18,21)(H,19,22)/t12-/m0/s1. The van der Waals surface area contributed by atoms with Gasteiger partial charge in [0.05, 0.1) is 23.1 Å². The molecular weight excluding hydrogens is 349 g/mol. The van der Waals surface area contributed by atoms with E-state index in [0.717, 1.165) is 18.6 Å². The molecule has 0 spiro atoms. The highest BCUT2D eigenvalue weighted by Gasteiger charge is 2.26. The van der Waals surface area contributed by atoms with Gasteiger partial charge in [-0.05, 0) is 43.7 Å². The summed E-state index contributed by atoms with van der Waals surface area (Å²) < 4.78 is 37.1. The molecule has 1 fully saturated rings. The zero-order valence-corrected chi connectivity index (χ0v) is 14.6. The number of primary amides is 1. The minimum Gasteiger partial charge on any atom is -0.369 e. The number of likely N-dealkylation sites (tertiary alicyclic amines) is 1. The van der Waals surface area contributed by atoms with E-state index in [4.69, 9.17) is 5.73 Å². The van der Waals surface area contributed by atoms with Gasteiger partial charge < -0.3 is 11.1 Å². The second-order valence-corrected chi connectivity index (χ2v) is 8.21. The quantitative estimate of drug-likeness (QED) is 0.651. The highest BCUT2D eigenvalue weighted by atomic mass is 32.2. The fourth-order valence-corrected chi connectivity index (χ4v) is 4.00. The Morgan fingerprint density at radius 2 is 1.96 bits per heavy atom. The van der Waals surface area contributed by atoms with Crippen molar-refractivity contribution in [2.75, 3.05) is 31.9 Å². The Morgan fingerprint density at radius 3 is 2.60 bits per heavy atom. The number of halogens is 1. The maximum Gasteiger partial charge on any atom is 0.231 e. The summed E-state index contributed by atoms with van der Waals surface area (Å²) in [5.74, 6) is -1.73. The summed E-state index contributed by atoms with van der Waals surface area (Å²) in [6.45, 7) is 1.23. The molecule has 1 aromatic rings. The third-order valence-corrected chi connectivity index (χ3v) is 5.83. The second kappa shape index (κ2) is 8.39. The largest absolute Gasteiger partial charge is 0.369 e. The zero-order chi connectivity index (χ0) is 18.4. The van der Waals surface area contributed by atoms with E-state index in [2.05, 4.69) is 5.32 Å². The van der Waals surface area contributed by atoms with E-state index in [9.17, 15) is 22.4 Å². The predicted molar refractivity (Wildman–Crippen MR) is 89.8 cm³/mol. The third kappa shape index (κ3) is 5.79. The van der Waals surface area contributed by atoms with Crippen LogP contribution in [0.25, 0.3) is 0 Å². The van der Waals surface area contributed by atoms with Crippen LogP contribution in [0.15, 0.2) is 29.2 Å². The number of hydrogen-bond donors (Lipinski definition) is 2. The molecule has 9 heteroatoms. The first-order valence-corrected chi connectivity index (χ1v) is 9.70. The summed E-state index contributed by atoms with van der Waals surface area (Å²) >= 11 is 0. The van der Waals surface area contributed by atoms with E-state index in [1.165, 1.54) is 12.1 Å². The van der Waals surface area contributed by atoms with Crippen molar-refractivity contribution in [2.45, 2.75) is 17.7 Å². The molecule has 0 aliphatic carbocycles. The molecule has 25 heavy (non-hydrogen) atoms. The van der Waals surface area contributed by atoms with E-state index in [1.54, 1.807) is 0 Å². The first-order valence-electron chi connectivity index (χ1n) is 8.04. The molecule has 1 aromatic carbocycles. The molecule has 1 aliphatic rings. The van der Waals surface area contributed by atoms with Crippen LogP contribution in [0.1, 0.15) is 12.8 Å². The van der Waals surface area contributed by atoms with Gasteiger partial charge >= 0.3 is 0 Å². The average molecular weight is 371 g/mol. The molecule has 0 radical (unpaired) electrons. The molecule has 2 rings (SSSR count). The first-order chi connectivity index (χ1) is 11.8. The van der Waals surface area contributed by atoms with Crippen molar-refractivity contribution in [3.63, 3.8) is 0 Å². The number of benzene rings is 1. The van der Waals surface area contributed by atoms with Gasteiger partial charge in [-0.2, -0.15) is 0 Å². The van der Waals surface area contributed by atoms with Crippen molar-refractivity contribution in [1.29, 1.82) is 0 Å². The van der Waals surface area contributed by atoms with Crippen molar-refractivity contribution < 1.29 is 22.4 Å². The van der Waals surface area contributed by atoms with Crippen LogP contribution >= 0.6 is 0 Å². The maximum absolute atomic E-state index is 12.9. The summed E-state index contributed by atoms with van der Waals surface area (Å²) in [6.07, 6.45) is 1.46. The van der Waals surface area contributed by atoms with E-state index in [-0.39, 0.29) is 35.6 Å². The van der Waals surface area contributed by atoms with Crippen LogP contribution in [0, 0.1) is 11.7 Å². The summed E-state index contributed by atoms with van der Waals surface area (Å²) in [5, 5.41) is 2.63. The number of nitrogens with two attached hydrogens (primary N) is 1. The lowest BCUT2D eigenvalue weighted by Crippen LogP contribution is -2.46. The molecule has 3 N–H and O–H groups in total. The number of amides is 2. The number of nitrogens with zero attached hydrogens (tertiary/aromatic N) is 1. The van der Waals surface area contributed by atoms with Crippen molar-refractivity contribution in [3.05, 3.63) is 30.1 Å². The third-order valence-electron chi connectivity index (χ3n) is 4.10. The second-order valence-electron chi connectivity index (χ2n) is 6.10. The van der Waals surface area contributed by atoms with Gasteiger partial charge in [0, 0.05) is 13.1 Å². The van der Waals surface area contributed by atoms with E-state index < -0.39 is 21.6 Å². The zero-order valence-electron chi connectivity index (χ0n) is 13.8. The number of carbonyl (C=O) groups is 2. The predicted octanol–water partition coefficient (Wildman–Crippen LogP) is -0.0871. The monoisotopic (exact) mass is 371 g/mol.